The Labute approximate surface area is 109 Å². The summed E-state index contributed by atoms with van der Waals surface area (Å²) in [5, 5.41) is 10.0. The molecule has 3 N–H and O–H groups in total. The Kier molecular flexibility index (Phi) is 3.24. The molecule has 1 amide bonds. The van der Waals surface area contributed by atoms with Crippen LogP contribution in [0.25, 0.3) is 11.0 Å². The molecule has 2 rings (SSSR count). The van der Waals surface area contributed by atoms with Gasteiger partial charge in [-0.05, 0) is 22.0 Å². The summed E-state index contributed by atoms with van der Waals surface area (Å²) in [7, 11) is 0. The van der Waals surface area contributed by atoms with E-state index in [-0.39, 0.29) is 17.9 Å². The van der Waals surface area contributed by atoms with Crippen LogP contribution in [-0.2, 0) is 11.3 Å². The minimum Gasteiger partial charge on any atom is -0.507 e. The monoisotopic (exact) mass is 313 g/mol. The van der Waals surface area contributed by atoms with Crippen LogP contribution in [0.15, 0.2) is 31.9 Å². The van der Waals surface area contributed by atoms with Gasteiger partial charge in [-0.1, -0.05) is 0 Å². The highest BCUT2D eigenvalue weighted by atomic mass is 79.9. The average Bonchev–Trinajstić information content (AvgIpc) is 2.28. The Hall–Kier alpha value is -2.02. The zero-order valence-electron chi connectivity index (χ0n) is 8.97. The molecule has 0 bridgehead atoms. The minimum absolute atomic E-state index is 0.0568. The molecule has 0 saturated carbocycles. The van der Waals surface area contributed by atoms with Gasteiger partial charge in [0.05, 0.1) is 4.47 Å². The van der Waals surface area contributed by atoms with Crippen molar-refractivity contribution < 1.29 is 19.1 Å². The number of hydrogen-bond donors (Lipinski definition) is 2. The zero-order valence-corrected chi connectivity index (χ0v) is 10.6. The molecule has 1 aromatic carbocycles. The first-order chi connectivity index (χ1) is 8.47. The Morgan fingerprint density at radius 2 is 2.17 bits per heavy atom. The Bertz CT molecular complexity index is 679. The van der Waals surface area contributed by atoms with Gasteiger partial charge in [-0.15, -0.1) is 0 Å². The van der Waals surface area contributed by atoms with Crippen molar-refractivity contribution in [3.63, 3.8) is 0 Å². The number of hydrogen-bond acceptors (Lipinski definition) is 5. The number of carbonyl (C=O) groups excluding carboxylic acids is 1. The van der Waals surface area contributed by atoms with Crippen LogP contribution < -0.4 is 11.4 Å². The molecular formula is C11H8BrNO5. The Morgan fingerprint density at radius 1 is 1.44 bits per heavy atom. The molecule has 0 unspecified atom stereocenters. The van der Waals surface area contributed by atoms with Crippen molar-refractivity contribution in [1.82, 2.24) is 0 Å². The molecule has 1 heterocycles. The van der Waals surface area contributed by atoms with Gasteiger partial charge in [-0.25, -0.2) is 9.59 Å². The topological polar surface area (TPSA) is 103 Å². The zero-order chi connectivity index (χ0) is 13.3. The van der Waals surface area contributed by atoms with Crippen molar-refractivity contribution in [3.05, 3.63) is 38.7 Å². The minimum atomic E-state index is -0.936. The van der Waals surface area contributed by atoms with Crippen molar-refractivity contribution in [2.75, 3.05) is 0 Å². The van der Waals surface area contributed by atoms with Crippen molar-refractivity contribution in [2.45, 2.75) is 6.61 Å². The summed E-state index contributed by atoms with van der Waals surface area (Å²) in [6.45, 7) is -0.144. The summed E-state index contributed by atoms with van der Waals surface area (Å²) in [6, 6.07) is 4.07. The number of benzene rings is 1. The Morgan fingerprint density at radius 3 is 2.83 bits per heavy atom. The van der Waals surface area contributed by atoms with Gasteiger partial charge in [-0.2, -0.15) is 0 Å². The maximum atomic E-state index is 11.3. The van der Waals surface area contributed by atoms with Crippen molar-refractivity contribution in [2.24, 2.45) is 5.73 Å². The summed E-state index contributed by atoms with van der Waals surface area (Å²) in [5.41, 5.74) is 4.91. The number of nitrogens with two attached hydrogens (primary N) is 1. The number of aromatic hydroxyl groups is 1. The molecule has 6 nitrogen and oxygen atoms in total. The van der Waals surface area contributed by atoms with Crippen LogP contribution in [0.3, 0.4) is 0 Å². The van der Waals surface area contributed by atoms with Gasteiger partial charge in [0.15, 0.2) is 0 Å². The normalized spacial score (nSPS) is 10.5. The molecule has 0 atom stereocenters. The first-order valence-electron chi connectivity index (χ1n) is 4.85. The lowest BCUT2D eigenvalue weighted by Crippen LogP contribution is -2.13. The predicted octanol–water partition coefficient (Wildman–Crippen LogP) is 1.86. The summed E-state index contributed by atoms with van der Waals surface area (Å²) in [4.78, 5) is 21.9. The van der Waals surface area contributed by atoms with E-state index < -0.39 is 11.7 Å². The summed E-state index contributed by atoms with van der Waals surface area (Å²) in [6.07, 6.45) is -0.936. The SMILES string of the molecule is NC(=O)OCc1cc(=O)oc2cc(O)c(Br)cc12. The molecule has 0 saturated heterocycles. The highest BCUT2D eigenvalue weighted by molar-refractivity contribution is 9.10. The molecule has 0 aliphatic heterocycles. The smallest absolute Gasteiger partial charge is 0.404 e. The molecule has 7 heteroatoms. The first-order valence-corrected chi connectivity index (χ1v) is 5.64. The van der Waals surface area contributed by atoms with Crippen LogP contribution in [0.4, 0.5) is 4.79 Å². The number of fused-ring (bicyclic) bond motifs is 1. The number of amides is 1. The van der Waals surface area contributed by atoms with Gasteiger partial charge in [0.1, 0.15) is 17.9 Å². The number of carbonyl (C=O) groups is 1. The van der Waals surface area contributed by atoms with Crippen LogP contribution in [0.2, 0.25) is 0 Å². The summed E-state index contributed by atoms with van der Waals surface area (Å²) >= 11 is 3.15. The predicted molar refractivity (Wildman–Crippen MR) is 66.2 cm³/mol. The maximum absolute atomic E-state index is 11.3. The molecule has 1 aromatic heterocycles. The first kappa shape index (κ1) is 12.4. The fraction of sp³-hybridized carbons (Fsp3) is 0.0909. The molecule has 94 valence electrons. The second kappa shape index (κ2) is 4.69. The Balaban J connectivity index is 2.60. The summed E-state index contributed by atoms with van der Waals surface area (Å²) < 4.78 is 10.0. The molecule has 18 heavy (non-hydrogen) atoms. The van der Waals surface area contributed by atoms with E-state index in [1.807, 2.05) is 0 Å². The number of rotatable bonds is 2. The van der Waals surface area contributed by atoms with Crippen LogP contribution >= 0.6 is 15.9 Å². The highest BCUT2D eigenvalue weighted by Gasteiger charge is 2.10. The molecule has 2 aromatic rings. The van der Waals surface area contributed by atoms with Crippen LogP contribution in [0.5, 0.6) is 5.75 Å². The van der Waals surface area contributed by atoms with Crippen LogP contribution in [0.1, 0.15) is 5.56 Å². The molecule has 0 fully saturated rings. The quantitative estimate of drug-likeness (QED) is 0.824. The van der Waals surface area contributed by atoms with Crippen molar-refractivity contribution in [1.29, 1.82) is 0 Å². The van der Waals surface area contributed by atoms with Gasteiger partial charge in [-0.3, -0.25) is 0 Å². The lowest BCUT2D eigenvalue weighted by atomic mass is 10.1. The molecular weight excluding hydrogens is 306 g/mol. The number of halogens is 1. The van der Waals surface area contributed by atoms with E-state index >= 15 is 0 Å². The van der Waals surface area contributed by atoms with E-state index in [9.17, 15) is 14.7 Å². The third-order valence-corrected chi connectivity index (χ3v) is 2.90. The summed E-state index contributed by atoms with van der Waals surface area (Å²) in [5.74, 6) is -0.0568. The van der Waals surface area contributed by atoms with Crippen LogP contribution in [-0.4, -0.2) is 11.2 Å². The highest BCUT2D eigenvalue weighted by Crippen LogP contribution is 2.30. The van der Waals surface area contributed by atoms with Crippen LogP contribution in [0, 0.1) is 0 Å². The van der Waals surface area contributed by atoms with Gasteiger partial charge < -0.3 is 20.0 Å². The van der Waals surface area contributed by atoms with Crippen molar-refractivity contribution >= 4 is 33.0 Å². The second-order valence-corrected chi connectivity index (χ2v) is 4.35. The third kappa shape index (κ3) is 2.45. The van der Waals surface area contributed by atoms with E-state index in [4.69, 9.17) is 10.2 Å². The fourth-order valence-electron chi connectivity index (χ4n) is 1.50. The molecule has 0 radical (unpaired) electrons. The lowest BCUT2D eigenvalue weighted by molar-refractivity contribution is 0.150. The average molecular weight is 314 g/mol. The number of primary amides is 1. The van der Waals surface area contributed by atoms with E-state index in [0.717, 1.165) is 0 Å². The van der Waals surface area contributed by atoms with Gasteiger partial charge in [0.2, 0.25) is 0 Å². The van der Waals surface area contributed by atoms with E-state index in [2.05, 4.69) is 20.7 Å². The maximum Gasteiger partial charge on any atom is 0.404 e. The van der Waals surface area contributed by atoms with E-state index in [0.29, 0.717) is 15.4 Å². The van der Waals surface area contributed by atoms with Gasteiger partial charge >= 0.3 is 11.7 Å². The molecule has 0 aliphatic rings. The van der Waals surface area contributed by atoms with Gasteiger partial charge in [0, 0.05) is 23.1 Å². The molecule has 0 spiro atoms. The van der Waals surface area contributed by atoms with E-state index in [1.54, 1.807) is 6.07 Å². The second-order valence-electron chi connectivity index (χ2n) is 3.50. The third-order valence-electron chi connectivity index (χ3n) is 2.27. The fourth-order valence-corrected chi connectivity index (χ4v) is 1.85. The number of phenolic OH excluding ortho intramolecular Hbond substituents is 1. The number of phenols is 1. The lowest BCUT2D eigenvalue weighted by Gasteiger charge is -2.06. The van der Waals surface area contributed by atoms with Crippen molar-refractivity contribution in [3.8, 4) is 5.75 Å². The van der Waals surface area contributed by atoms with E-state index in [1.165, 1.54) is 12.1 Å². The number of ether oxygens (including phenoxy) is 1. The standard InChI is InChI=1S/C11H8BrNO5/c12-7-2-6-5(4-17-11(13)16)1-10(15)18-9(6)3-8(7)14/h1-3,14H,4H2,(H2,13,16). The van der Waals surface area contributed by atoms with Gasteiger partial charge in [0.25, 0.3) is 0 Å². The largest absolute Gasteiger partial charge is 0.507 e. The molecule has 0 aliphatic carbocycles.